The van der Waals surface area contributed by atoms with E-state index in [9.17, 15) is 9.50 Å². The minimum atomic E-state index is -0.329. The van der Waals surface area contributed by atoms with Gasteiger partial charge in [-0.3, -0.25) is 4.90 Å². The molecule has 1 atom stereocenters. The van der Waals surface area contributed by atoms with Crippen molar-refractivity contribution >= 4 is 0 Å². The smallest absolute Gasteiger partial charge is 0.131 e. The first kappa shape index (κ1) is 16.0. The maximum atomic E-state index is 13.9. The number of hydrogen-bond donors (Lipinski definition) is 1. The van der Waals surface area contributed by atoms with Gasteiger partial charge < -0.3 is 5.11 Å². The third-order valence-electron chi connectivity index (χ3n) is 3.18. The van der Waals surface area contributed by atoms with Gasteiger partial charge in [0.1, 0.15) is 11.6 Å². The van der Waals surface area contributed by atoms with Crippen molar-refractivity contribution in [3.8, 4) is 5.75 Å². The minimum absolute atomic E-state index is 0.0189. The lowest BCUT2D eigenvalue weighted by Gasteiger charge is -2.32. The second-order valence-electron chi connectivity index (χ2n) is 6.12. The fourth-order valence-electron chi connectivity index (χ4n) is 2.38. The average molecular weight is 267 g/mol. The maximum Gasteiger partial charge on any atom is 0.131 e. The molecule has 1 aromatic carbocycles. The molecule has 0 aliphatic carbocycles. The molecule has 0 heterocycles. The maximum absolute atomic E-state index is 13.9. The van der Waals surface area contributed by atoms with Crippen LogP contribution < -0.4 is 0 Å². The molecule has 0 spiro atoms. The summed E-state index contributed by atoms with van der Waals surface area (Å²) in [5, 5.41) is 9.30. The van der Waals surface area contributed by atoms with E-state index in [0.29, 0.717) is 17.4 Å². The molecular formula is C16H26FNO. The fourth-order valence-corrected chi connectivity index (χ4v) is 2.38. The van der Waals surface area contributed by atoms with Crippen molar-refractivity contribution in [2.75, 3.05) is 13.1 Å². The van der Waals surface area contributed by atoms with Crippen LogP contribution in [-0.2, 0) is 0 Å². The van der Waals surface area contributed by atoms with Gasteiger partial charge in [-0.2, -0.15) is 0 Å². The second kappa shape index (κ2) is 6.90. The Morgan fingerprint density at radius 2 is 1.58 bits per heavy atom. The zero-order valence-electron chi connectivity index (χ0n) is 12.7. The highest BCUT2D eigenvalue weighted by Crippen LogP contribution is 2.27. The van der Waals surface area contributed by atoms with Gasteiger partial charge in [-0.05, 0) is 24.8 Å². The highest BCUT2D eigenvalue weighted by atomic mass is 19.1. The van der Waals surface area contributed by atoms with Gasteiger partial charge in [0.05, 0.1) is 0 Å². The molecule has 0 saturated heterocycles. The number of phenols is 1. The topological polar surface area (TPSA) is 23.5 Å². The van der Waals surface area contributed by atoms with Crippen LogP contribution in [0.5, 0.6) is 5.75 Å². The first-order chi connectivity index (χ1) is 8.81. The van der Waals surface area contributed by atoms with Crippen molar-refractivity contribution in [3.63, 3.8) is 0 Å². The second-order valence-corrected chi connectivity index (χ2v) is 6.12. The molecule has 0 amide bonds. The molecular weight excluding hydrogens is 241 g/mol. The monoisotopic (exact) mass is 267 g/mol. The third kappa shape index (κ3) is 4.83. The molecule has 1 aromatic rings. The number of rotatable bonds is 6. The zero-order valence-corrected chi connectivity index (χ0v) is 12.7. The largest absolute Gasteiger partial charge is 0.508 e. The number of aromatic hydroxyl groups is 1. The molecule has 19 heavy (non-hydrogen) atoms. The van der Waals surface area contributed by atoms with Crippen molar-refractivity contribution in [2.45, 2.75) is 40.7 Å². The van der Waals surface area contributed by atoms with Gasteiger partial charge in [-0.1, -0.05) is 33.8 Å². The summed E-state index contributed by atoms with van der Waals surface area (Å²) >= 11 is 0. The SMILES string of the molecule is CC(C)CN(CC(C)C)C(C)c1ccc(O)cc1F. The van der Waals surface area contributed by atoms with Crippen molar-refractivity contribution in [1.29, 1.82) is 0 Å². The molecule has 0 fully saturated rings. The van der Waals surface area contributed by atoms with Crippen LogP contribution in [0.3, 0.4) is 0 Å². The molecule has 0 aliphatic rings. The molecule has 0 saturated carbocycles. The van der Waals surface area contributed by atoms with Gasteiger partial charge in [0.15, 0.2) is 0 Å². The molecule has 1 N–H and O–H groups in total. The van der Waals surface area contributed by atoms with Crippen LogP contribution >= 0.6 is 0 Å². The van der Waals surface area contributed by atoms with Gasteiger partial charge in [0, 0.05) is 30.8 Å². The first-order valence-electron chi connectivity index (χ1n) is 7.03. The van der Waals surface area contributed by atoms with Crippen LogP contribution in [0.4, 0.5) is 4.39 Å². The highest BCUT2D eigenvalue weighted by Gasteiger charge is 2.20. The number of hydrogen-bond acceptors (Lipinski definition) is 2. The van der Waals surface area contributed by atoms with E-state index in [1.165, 1.54) is 6.07 Å². The van der Waals surface area contributed by atoms with E-state index in [0.717, 1.165) is 13.1 Å². The van der Waals surface area contributed by atoms with Crippen molar-refractivity contribution in [1.82, 2.24) is 4.90 Å². The van der Waals surface area contributed by atoms with E-state index in [2.05, 4.69) is 32.6 Å². The molecule has 0 aromatic heterocycles. The molecule has 1 unspecified atom stereocenters. The first-order valence-corrected chi connectivity index (χ1v) is 7.03. The van der Waals surface area contributed by atoms with E-state index in [1.54, 1.807) is 12.1 Å². The van der Waals surface area contributed by atoms with Crippen molar-refractivity contribution < 1.29 is 9.50 Å². The number of nitrogens with zero attached hydrogens (tertiary/aromatic N) is 1. The number of phenolic OH excluding ortho intramolecular Hbond substituents is 1. The Kier molecular flexibility index (Phi) is 5.80. The summed E-state index contributed by atoms with van der Waals surface area (Å²) in [5.41, 5.74) is 0.652. The van der Waals surface area contributed by atoms with Crippen LogP contribution in [0.25, 0.3) is 0 Å². The summed E-state index contributed by atoms with van der Waals surface area (Å²) in [5.74, 6) is 0.737. The summed E-state index contributed by atoms with van der Waals surface area (Å²) in [4.78, 5) is 2.31. The Labute approximate surface area is 116 Å². The predicted octanol–water partition coefficient (Wildman–Crippen LogP) is 4.21. The van der Waals surface area contributed by atoms with E-state index >= 15 is 0 Å². The van der Waals surface area contributed by atoms with Gasteiger partial charge in [-0.25, -0.2) is 4.39 Å². The van der Waals surface area contributed by atoms with Crippen molar-refractivity contribution in [2.24, 2.45) is 11.8 Å². The Bertz CT molecular complexity index is 394. The summed E-state index contributed by atoms with van der Waals surface area (Å²) in [6.45, 7) is 12.6. The summed E-state index contributed by atoms with van der Waals surface area (Å²) in [6.07, 6.45) is 0. The molecule has 0 radical (unpaired) electrons. The highest BCUT2D eigenvalue weighted by molar-refractivity contribution is 5.29. The van der Waals surface area contributed by atoms with Gasteiger partial charge in [0.2, 0.25) is 0 Å². The van der Waals surface area contributed by atoms with Crippen LogP contribution in [0, 0.1) is 17.7 Å². The number of halogens is 1. The quantitative estimate of drug-likeness (QED) is 0.834. The van der Waals surface area contributed by atoms with Gasteiger partial charge >= 0.3 is 0 Å². The van der Waals surface area contributed by atoms with E-state index in [4.69, 9.17) is 0 Å². The molecule has 0 bridgehead atoms. The lowest BCUT2D eigenvalue weighted by Crippen LogP contribution is -2.34. The predicted molar refractivity (Wildman–Crippen MR) is 77.7 cm³/mol. The van der Waals surface area contributed by atoms with Gasteiger partial charge in [-0.15, -0.1) is 0 Å². The standard InChI is InChI=1S/C16H26FNO/c1-11(2)9-18(10-12(3)4)13(5)15-7-6-14(19)8-16(15)17/h6-8,11-13,19H,9-10H2,1-5H3. The molecule has 1 rings (SSSR count). The molecule has 2 nitrogen and oxygen atoms in total. The average Bonchev–Trinajstić information content (AvgIpc) is 2.26. The fraction of sp³-hybridized carbons (Fsp3) is 0.625. The Morgan fingerprint density at radius 1 is 1.05 bits per heavy atom. The normalized spacial score (nSPS) is 13.5. The van der Waals surface area contributed by atoms with Crippen LogP contribution in [0.1, 0.15) is 46.2 Å². The van der Waals surface area contributed by atoms with Gasteiger partial charge in [0.25, 0.3) is 0 Å². The Hall–Kier alpha value is -1.09. The summed E-state index contributed by atoms with van der Waals surface area (Å²) in [7, 11) is 0. The minimum Gasteiger partial charge on any atom is -0.508 e. The van der Waals surface area contributed by atoms with Crippen LogP contribution in [-0.4, -0.2) is 23.1 Å². The number of benzene rings is 1. The van der Waals surface area contributed by atoms with E-state index in [1.807, 2.05) is 6.92 Å². The van der Waals surface area contributed by atoms with Crippen LogP contribution in [0.15, 0.2) is 18.2 Å². The lowest BCUT2D eigenvalue weighted by molar-refractivity contribution is 0.164. The van der Waals surface area contributed by atoms with Crippen LogP contribution in [0.2, 0.25) is 0 Å². The molecule has 0 aliphatic heterocycles. The zero-order chi connectivity index (χ0) is 14.6. The van der Waals surface area contributed by atoms with E-state index in [-0.39, 0.29) is 17.6 Å². The lowest BCUT2D eigenvalue weighted by atomic mass is 10.0. The molecule has 108 valence electrons. The third-order valence-corrected chi connectivity index (χ3v) is 3.18. The summed E-state index contributed by atoms with van der Waals surface area (Å²) in [6, 6.07) is 4.45. The van der Waals surface area contributed by atoms with E-state index < -0.39 is 0 Å². The Morgan fingerprint density at radius 3 is 2.00 bits per heavy atom. The molecule has 3 heteroatoms. The summed E-state index contributed by atoms with van der Waals surface area (Å²) < 4.78 is 13.9. The van der Waals surface area contributed by atoms with Crippen molar-refractivity contribution in [3.05, 3.63) is 29.6 Å². The Balaban J connectivity index is 2.93.